The van der Waals surface area contributed by atoms with Crippen LogP contribution in [0.1, 0.15) is 51.0 Å². The predicted octanol–water partition coefficient (Wildman–Crippen LogP) is 2.32. The van der Waals surface area contributed by atoms with Gasteiger partial charge in [0.1, 0.15) is 11.9 Å². The number of nitrogen functional groups attached to an aromatic ring is 1. The van der Waals surface area contributed by atoms with Crippen molar-refractivity contribution in [2.45, 2.75) is 64.5 Å². The number of aromatic nitrogens is 1. The topological polar surface area (TPSA) is 126 Å². The van der Waals surface area contributed by atoms with Crippen molar-refractivity contribution in [2.75, 3.05) is 5.73 Å². The van der Waals surface area contributed by atoms with Crippen molar-refractivity contribution in [3.63, 3.8) is 0 Å². The Morgan fingerprint density at radius 2 is 2.00 bits per heavy atom. The Morgan fingerprint density at radius 3 is 2.48 bits per heavy atom. The van der Waals surface area contributed by atoms with Crippen LogP contribution in [0.4, 0.5) is 10.6 Å². The second-order valence-electron chi connectivity index (χ2n) is 7.22. The number of carboxylic acid groups (broad SMARTS) is 1. The minimum atomic E-state index is -1.12. The quantitative estimate of drug-likeness (QED) is 0.695. The molecule has 0 radical (unpaired) electrons. The van der Waals surface area contributed by atoms with E-state index in [2.05, 4.69) is 10.3 Å². The van der Waals surface area contributed by atoms with Crippen LogP contribution in [-0.2, 0) is 9.59 Å². The summed E-state index contributed by atoms with van der Waals surface area (Å²) in [4.78, 5) is 38.8. The van der Waals surface area contributed by atoms with E-state index in [1.54, 1.807) is 6.20 Å². The standard InChI is InChI=1S/C13H20N2O4.C6H8N2/c1-8(9-5-3-2-4-6-9)14-13(19)15-10(12(17)18)7-11(15)16;1-5-2-3-8-6(7)4-5/h8-10H,2-7H2,1H3,(H,14,19)(H,17,18);2-4H,1H3,(H2,7,8). The third-order valence-electron chi connectivity index (χ3n) is 5.10. The van der Waals surface area contributed by atoms with Gasteiger partial charge in [-0.3, -0.25) is 4.79 Å². The molecule has 3 amide bonds. The van der Waals surface area contributed by atoms with Crippen molar-refractivity contribution in [3.8, 4) is 0 Å². The van der Waals surface area contributed by atoms with Gasteiger partial charge in [-0.1, -0.05) is 19.3 Å². The Balaban J connectivity index is 0.000000273. The Labute approximate surface area is 159 Å². The molecule has 1 aromatic heterocycles. The van der Waals surface area contributed by atoms with Crippen LogP contribution >= 0.6 is 0 Å². The summed E-state index contributed by atoms with van der Waals surface area (Å²) in [6.07, 6.45) is 7.36. The number of urea groups is 1. The number of nitrogens with one attached hydrogen (secondary N) is 1. The number of hydrogen-bond donors (Lipinski definition) is 3. The zero-order valence-corrected chi connectivity index (χ0v) is 15.9. The third kappa shape index (κ3) is 5.67. The van der Waals surface area contributed by atoms with Gasteiger partial charge in [0.25, 0.3) is 0 Å². The number of amides is 3. The lowest BCUT2D eigenvalue weighted by Crippen LogP contribution is -2.63. The summed E-state index contributed by atoms with van der Waals surface area (Å²) in [5.41, 5.74) is 6.50. The second-order valence-corrected chi connectivity index (χ2v) is 7.22. The molecule has 4 N–H and O–H groups in total. The molecule has 1 aromatic rings. The van der Waals surface area contributed by atoms with Gasteiger partial charge < -0.3 is 16.2 Å². The number of aryl methyl sites for hydroxylation is 1. The number of rotatable bonds is 3. The number of nitrogens with zero attached hydrogens (tertiary/aromatic N) is 2. The van der Waals surface area contributed by atoms with Gasteiger partial charge in [-0.2, -0.15) is 0 Å². The van der Waals surface area contributed by atoms with E-state index in [9.17, 15) is 14.4 Å². The molecular weight excluding hydrogens is 348 g/mol. The van der Waals surface area contributed by atoms with Crippen LogP contribution in [0.25, 0.3) is 0 Å². The summed E-state index contributed by atoms with van der Waals surface area (Å²) < 4.78 is 0. The van der Waals surface area contributed by atoms with Crippen LogP contribution in [0.5, 0.6) is 0 Å². The molecular formula is C19H28N4O4. The summed E-state index contributed by atoms with van der Waals surface area (Å²) >= 11 is 0. The fourth-order valence-electron chi connectivity index (χ4n) is 3.44. The normalized spacial score (nSPS) is 20.7. The molecule has 1 aliphatic carbocycles. The Bertz CT molecular complexity index is 671. The Morgan fingerprint density at radius 1 is 1.33 bits per heavy atom. The Hall–Kier alpha value is -2.64. The first-order valence-corrected chi connectivity index (χ1v) is 9.33. The van der Waals surface area contributed by atoms with E-state index in [0.29, 0.717) is 11.7 Å². The summed E-state index contributed by atoms with van der Waals surface area (Å²) in [5, 5.41) is 11.6. The smallest absolute Gasteiger partial charge is 0.327 e. The number of carboxylic acids is 1. The zero-order valence-electron chi connectivity index (χ0n) is 15.9. The number of likely N-dealkylation sites (tertiary alicyclic amines) is 1. The molecule has 148 valence electrons. The predicted molar refractivity (Wildman–Crippen MR) is 101 cm³/mol. The SMILES string of the molecule is CC(NC(=O)N1C(=O)CC1C(=O)O)C1CCCCC1.Cc1ccnc(N)c1. The number of hydrogen-bond acceptors (Lipinski definition) is 5. The molecule has 3 rings (SSSR count). The maximum absolute atomic E-state index is 11.9. The van der Waals surface area contributed by atoms with Crippen LogP contribution in [0.15, 0.2) is 18.3 Å². The second kappa shape index (κ2) is 9.34. The summed E-state index contributed by atoms with van der Waals surface area (Å²) in [6, 6.07) is 2.17. The van der Waals surface area contributed by atoms with Crippen molar-refractivity contribution in [1.82, 2.24) is 15.2 Å². The molecule has 8 nitrogen and oxygen atoms in total. The Kier molecular flexibility index (Phi) is 7.15. The van der Waals surface area contributed by atoms with E-state index in [0.717, 1.165) is 23.3 Å². The molecule has 1 saturated carbocycles. The molecule has 1 saturated heterocycles. The van der Waals surface area contributed by atoms with Crippen molar-refractivity contribution < 1.29 is 19.5 Å². The maximum atomic E-state index is 11.9. The van der Waals surface area contributed by atoms with E-state index in [-0.39, 0.29) is 12.5 Å². The van der Waals surface area contributed by atoms with Gasteiger partial charge in [0.15, 0.2) is 0 Å². The van der Waals surface area contributed by atoms with Gasteiger partial charge in [0, 0.05) is 12.2 Å². The number of β-lactam (4-membered cyclic amide) rings is 1. The average molecular weight is 376 g/mol. The number of pyridine rings is 1. The highest BCUT2D eigenvalue weighted by Gasteiger charge is 2.46. The fraction of sp³-hybridized carbons (Fsp3) is 0.579. The fourth-order valence-corrected chi connectivity index (χ4v) is 3.44. The van der Waals surface area contributed by atoms with Crippen LogP contribution in [-0.4, -0.2) is 45.0 Å². The molecule has 2 aliphatic rings. The summed E-state index contributed by atoms with van der Waals surface area (Å²) in [5.74, 6) is -0.525. The van der Waals surface area contributed by atoms with E-state index in [1.165, 1.54) is 19.3 Å². The number of carbonyl (C=O) groups excluding carboxylic acids is 2. The molecule has 2 atom stereocenters. The van der Waals surface area contributed by atoms with Crippen LogP contribution in [0.3, 0.4) is 0 Å². The first-order chi connectivity index (χ1) is 12.8. The average Bonchev–Trinajstić information content (AvgIpc) is 2.60. The van der Waals surface area contributed by atoms with Crippen molar-refractivity contribution in [2.24, 2.45) is 5.92 Å². The van der Waals surface area contributed by atoms with E-state index < -0.39 is 23.9 Å². The molecule has 0 bridgehead atoms. The lowest BCUT2D eigenvalue weighted by Gasteiger charge is -2.37. The van der Waals surface area contributed by atoms with Crippen molar-refractivity contribution in [1.29, 1.82) is 0 Å². The molecule has 27 heavy (non-hydrogen) atoms. The van der Waals surface area contributed by atoms with Gasteiger partial charge in [-0.25, -0.2) is 19.5 Å². The number of carbonyl (C=O) groups is 3. The number of anilines is 1. The zero-order chi connectivity index (χ0) is 20.0. The lowest BCUT2D eigenvalue weighted by atomic mass is 9.84. The number of nitrogens with two attached hydrogens (primary N) is 1. The van der Waals surface area contributed by atoms with E-state index in [1.807, 2.05) is 26.0 Å². The molecule has 0 aromatic carbocycles. The number of aliphatic carboxylic acids is 1. The highest BCUT2D eigenvalue weighted by Crippen LogP contribution is 2.27. The minimum Gasteiger partial charge on any atom is -0.480 e. The first kappa shape index (κ1) is 20.7. The molecule has 0 spiro atoms. The van der Waals surface area contributed by atoms with Gasteiger partial charge in [-0.15, -0.1) is 0 Å². The summed E-state index contributed by atoms with van der Waals surface area (Å²) in [7, 11) is 0. The third-order valence-corrected chi connectivity index (χ3v) is 5.10. The summed E-state index contributed by atoms with van der Waals surface area (Å²) in [6.45, 7) is 3.91. The minimum absolute atomic E-state index is 0.0179. The monoisotopic (exact) mass is 376 g/mol. The van der Waals surface area contributed by atoms with Gasteiger partial charge in [0.05, 0.1) is 6.42 Å². The lowest BCUT2D eigenvalue weighted by molar-refractivity contribution is -0.157. The molecule has 2 heterocycles. The highest BCUT2D eigenvalue weighted by molar-refractivity contribution is 6.05. The molecule has 2 fully saturated rings. The van der Waals surface area contributed by atoms with Crippen molar-refractivity contribution >= 4 is 23.7 Å². The molecule has 2 unspecified atom stereocenters. The maximum Gasteiger partial charge on any atom is 0.327 e. The van der Waals surface area contributed by atoms with Crippen LogP contribution in [0, 0.1) is 12.8 Å². The van der Waals surface area contributed by atoms with E-state index >= 15 is 0 Å². The molecule has 1 aliphatic heterocycles. The number of imide groups is 1. The van der Waals surface area contributed by atoms with E-state index in [4.69, 9.17) is 10.8 Å². The van der Waals surface area contributed by atoms with Gasteiger partial charge in [-0.05, 0) is 50.3 Å². The van der Waals surface area contributed by atoms with Crippen LogP contribution < -0.4 is 11.1 Å². The van der Waals surface area contributed by atoms with Crippen LogP contribution in [0.2, 0.25) is 0 Å². The first-order valence-electron chi connectivity index (χ1n) is 9.33. The highest BCUT2D eigenvalue weighted by atomic mass is 16.4. The van der Waals surface area contributed by atoms with Gasteiger partial charge >= 0.3 is 12.0 Å². The van der Waals surface area contributed by atoms with Crippen molar-refractivity contribution in [3.05, 3.63) is 23.9 Å². The largest absolute Gasteiger partial charge is 0.480 e. The van der Waals surface area contributed by atoms with Gasteiger partial charge in [0.2, 0.25) is 5.91 Å². The molecule has 8 heteroatoms.